The number of amidine groups is 1. The minimum Gasteiger partial charge on any atom is -0.492 e. The van der Waals surface area contributed by atoms with Gasteiger partial charge in [-0.2, -0.15) is 0 Å². The maximum Gasteiger partial charge on any atom is 0.338 e. The Morgan fingerprint density at radius 1 is 1.03 bits per heavy atom. The number of nitrogens with one attached hydrogen (secondary N) is 2. The molecule has 9 heteroatoms. The fraction of sp³-hybridized carbons (Fsp3) is 0.185. The summed E-state index contributed by atoms with van der Waals surface area (Å²) < 4.78 is 13.1. The van der Waals surface area contributed by atoms with Crippen molar-refractivity contribution in [3.8, 4) is 5.75 Å². The van der Waals surface area contributed by atoms with Crippen LogP contribution in [-0.2, 0) is 17.7 Å². The van der Waals surface area contributed by atoms with Crippen LogP contribution in [0.25, 0.3) is 22.1 Å². The minimum absolute atomic E-state index is 0.00132. The predicted octanol–water partition coefficient (Wildman–Crippen LogP) is 4.04. The number of ether oxygens (including phenoxy) is 2. The van der Waals surface area contributed by atoms with Crippen molar-refractivity contribution in [1.29, 1.82) is 5.41 Å². The number of fused-ring (bicyclic) bond motifs is 2. The first-order valence-electron chi connectivity index (χ1n) is 11.7. The lowest BCUT2D eigenvalue weighted by Crippen LogP contribution is -2.13. The van der Waals surface area contributed by atoms with Crippen LogP contribution in [0, 0.1) is 5.41 Å². The molecule has 2 aromatic heterocycles. The molecule has 9 nitrogen and oxygen atoms in total. The molecule has 3 aromatic carbocycles. The molecule has 0 radical (unpaired) electrons. The third kappa shape index (κ3) is 4.76. The van der Waals surface area contributed by atoms with Crippen LogP contribution in [0.5, 0.6) is 5.75 Å². The molecule has 2 heterocycles. The zero-order valence-corrected chi connectivity index (χ0v) is 19.8. The molecule has 0 bridgehead atoms. The van der Waals surface area contributed by atoms with E-state index >= 15 is 0 Å². The lowest BCUT2D eigenvalue weighted by molar-refractivity contribution is 0.0526. The first kappa shape index (κ1) is 23.1. The van der Waals surface area contributed by atoms with Crippen LogP contribution in [0.1, 0.15) is 34.5 Å². The average molecular weight is 483 g/mol. The highest BCUT2D eigenvalue weighted by atomic mass is 16.5. The number of esters is 1. The summed E-state index contributed by atoms with van der Waals surface area (Å²) >= 11 is 0. The van der Waals surface area contributed by atoms with Gasteiger partial charge in [0.1, 0.15) is 29.8 Å². The predicted molar refractivity (Wildman–Crippen MR) is 138 cm³/mol. The Morgan fingerprint density at radius 2 is 1.81 bits per heavy atom. The number of nitrogens with two attached hydrogens (primary N) is 1. The number of carbonyl (C=O) groups is 1. The fourth-order valence-electron chi connectivity index (χ4n) is 4.12. The van der Waals surface area contributed by atoms with Gasteiger partial charge in [0.25, 0.3) is 0 Å². The third-order valence-corrected chi connectivity index (χ3v) is 5.85. The van der Waals surface area contributed by atoms with E-state index in [-0.39, 0.29) is 11.8 Å². The monoisotopic (exact) mass is 482 g/mol. The average Bonchev–Trinajstić information content (AvgIpc) is 3.44. The van der Waals surface area contributed by atoms with Crippen molar-refractivity contribution < 1.29 is 14.3 Å². The van der Waals surface area contributed by atoms with Gasteiger partial charge >= 0.3 is 5.97 Å². The Kier molecular flexibility index (Phi) is 6.36. The molecule has 5 rings (SSSR count). The summed E-state index contributed by atoms with van der Waals surface area (Å²) in [4.78, 5) is 24.8. The number of carbonyl (C=O) groups excluding carboxylic acids is 1. The van der Waals surface area contributed by atoms with E-state index in [1.165, 1.54) is 0 Å². The van der Waals surface area contributed by atoms with Crippen LogP contribution < -0.4 is 10.5 Å². The number of imidazole rings is 2. The standard InChI is InChI=1S/C27H26N6O3/c1-2-35-27(34)17-7-10-19(11-8-17)36-14-13-33-23-15-18(26(28)29)9-12-22(23)32-25(33)16-24-30-20-5-3-4-6-21(20)31-24/h3-12,15H,2,13-14,16H2,1H3,(H3,28,29)(H,30,31). The van der Waals surface area contributed by atoms with Gasteiger partial charge in [0.15, 0.2) is 0 Å². The zero-order chi connectivity index (χ0) is 25.1. The molecule has 0 spiro atoms. The number of aromatic nitrogens is 4. The maximum atomic E-state index is 11.9. The molecular weight excluding hydrogens is 456 g/mol. The van der Waals surface area contributed by atoms with Gasteiger partial charge in [-0.05, 0) is 61.5 Å². The first-order chi connectivity index (χ1) is 17.5. The van der Waals surface area contributed by atoms with Crippen molar-refractivity contribution in [3.05, 3.63) is 89.5 Å². The van der Waals surface area contributed by atoms with Gasteiger partial charge in [0.2, 0.25) is 0 Å². The summed E-state index contributed by atoms with van der Waals surface area (Å²) in [7, 11) is 0. The second kappa shape index (κ2) is 9.91. The SMILES string of the molecule is CCOC(=O)c1ccc(OCCn2c(Cc3nc4ccccc4[nH]3)nc3ccc(C(=N)N)cc32)cc1. The summed E-state index contributed by atoms with van der Waals surface area (Å²) in [5.74, 6) is 1.93. The molecule has 4 N–H and O–H groups in total. The van der Waals surface area contributed by atoms with Crippen LogP contribution >= 0.6 is 0 Å². The van der Waals surface area contributed by atoms with Crippen LogP contribution in [0.2, 0.25) is 0 Å². The van der Waals surface area contributed by atoms with Crippen molar-refractivity contribution in [3.63, 3.8) is 0 Å². The molecule has 0 saturated carbocycles. The molecule has 0 atom stereocenters. The molecule has 0 aliphatic carbocycles. The second-order valence-corrected chi connectivity index (χ2v) is 8.27. The van der Waals surface area contributed by atoms with E-state index in [1.54, 1.807) is 37.3 Å². The molecule has 0 unspecified atom stereocenters. The van der Waals surface area contributed by atoms with E-state index in [4.69, 9.17) is 30.6 Å². The van der Waals surface area contributed by atoms with Crippen molar-refractivity contribution in [1.82, 2.24) is 19.5 Å². The molecule has 0 amide bonds. The van der Waals surface area contributed by atoms with Crippen molar-refractivity contribution in [2.45, 2.75) is 19.9 Å². The van der Waals surface area contributed by atoms with Gasteiger partial charge in [0.05, 0.1) is 47.2 Å². The smallest absolute Gasteiger partial charge is 0.338 e. The van der Waals surface area contributed by atoms with Gasteiger partial charge < -0.3 is 24.8 Å². The van der Waals surface area contributed by atoms with E-state index in [9.17, 15) is 4.79 Å². The first-order valence-corrected chi connectivity index (χ1v) is 11.7. The number of nitrogens with zero attached hydrogens (tertiary/aromatic N) is 3. The highest BCUT2D eigenvalue weighted by Crippen LogP contribution is 2.21. The molecular formula is C27H26N6O3. The number of hydrogen-bond donors (Lipinski definition) is 3. The lowest BCUT2D eigenvalue weighted by Gasteiger charge is -2.11. The number of para-hydroxylation sites is 2. The van der Waals surface area contributed by atoms with Crippen molar-refractivity contribution in [2.75, 3.05) is 13.2 Å². The Hall–Kier alpha value is -4.66. The summed E-state index contributed by atoms with van der Waals surface area (Å²) in [6, 6.07) is 20.3. The number of hydrogen-bond acceptors (Lipinski definition) is 6. The lowest BCUT2D eigenvalue weighted by atomic mass is 10.2. The molecule has 0 aliphatic rings. The molecule has 182 valence electrons. The Morgan fingerprint density at radius 3 is 2.56 bits per heavy atom. The van der Waals surface area contributed by atoms with Crippen LogP contribution in [0.4, 0.5) is 0 Å². The highest BCUT2D eigenvalue weighted by Gasteiger charge is 2.15. The molecule has 0 saturated heterocycles. The highest BCUT2D eigenvalue weighted by molar-refractivity contribution is 5.98. The molecule has 36 heavy (non-hydrogen) atoms. The summed E-state index contributed by atoms with van der Waals surface area (Å²) in [6.45, 7) is 3.00. The van der Waals surface area contributed by atoms with Gasteiger partial charge in [-0.15, -0.1) is 0 Å². The van der Waals surface area contributed by atoms with E-state index in [0.29, 0.717) is 43.1 Å². The quantitative estimate of drug-likeness (QED) is 0.165. The minimum atomic E-state index is -0.356. The molecule has 0 fully saturated rings. The van der Waals surface area contributed by atoms with Crippen molar-refractivity contribution >= 4 is 33.9 Å². The van der Waals surface area contributed by atoms with E-state index in [0.717, 1.165) is 33.7 Å². The van der Waals surface area contributed by atoms with E-state index < -0.39 is 0 Å². The number of H-pyrrole nitrogens is 1. The van der Waals surface area contributed by atoms with Gasteiger partial charge in [-0.1, -0.05) is 12.1 Å². The normalized spacial score (nSPS) is 11.1. The van der Waals surface area contributed by atoms with Gasteiger partial charge in [-0.25, -0.2) is 14.8 Å². The van der Waals surface area contributed by atoms with Crippen LogP contribution in [0.15, 0.2) is 66.7 Å². The second-order valence-electron chi connectivity index (χ2n) is 8.27. The number of rotatable bonds is 9. The molecule has 0 aliphatic heterocycles. The Bertz CT molecular complexity index is 1520. The summed E-state index contributed by atoms with van der Waals surface area (Å²) in [5, 5.41) is 7.83. The Balaban J connectivity index is 1.39. The maximum absolute atomic E-state index is 11.9. The molecule has 5 aromatic rings. The summed E-state index contributed by atoms with van der Waals surface area (Å²) in [6.07, 6.45) is 0.507. The topological polar surface area (TPSA) is 132 Å². The van der Waals surface area contributed by atoms with Crippen LogP contribution in [0.3, 0.4) is 0 Å². The fourth-order valence-corrected chi connectivity index (χ4v) is 4.12. The Labute approximate surface area is 207 Å². The van der Waals surface area contributed by atoms with Gasteiger partial charge in [0, 0.05) is 5.56 Å². The largest absolute Gasteiger partial charge is 0.492 e. The van der Waals surface area contributed by atoms with Crippen molar-refractivity contribution in [2.24, 2.45) is 5.73 Å². The van der Waals surface area contributed by atoms with Gasteiger partial charge in [-0.3, -0.25) is 5.41 Å². The van der Waals surface area contributed by atoms with E-state index in [1.807, 2.05) is 36.4 Å². The number of benzene rings is 3. The number of aromatic amines is 1. The number of nitrogen functional groups attached to an aromatic ring is 1. The third-order valence-electron chi connectivity index (χ3n) is 5.85. The zero-order valence-electron chi connectivity index (χ0n) is 19.8. The summed E-state index contributed by atoms with van der Waals surface area (Å²) in [5.41, 5.74) is 10.4. The van der Waals surface area contributed by atoms with E-state index in [2.05, 4.69) is 9.55 Å². The van der Waals surface area contributed by atoms with Crippen LogP contribution in [-0.4, -0.2) is 44.5 Å².